The Kier molecular flexibility index (Phi) is 31.0. The van der Waals surface area contributed by atoms with E-state index in [9.17, 15) is 24.0 Å². The molecule has 6 amide bonds. The summed E-state index contributed by atoms with van der Waals surface area (Å²) in [5.74, 6) is 7.74. The molecule has 5 fully saturated rings. The number of nitrogens with zero attached hydrogens (tertiary/aromatic N) is 2. The topological polar surface area (TPSA) is 177 Å². The molecule has 5 saturated carbocycles. The van der Waals surface area contributed by atoms with Gasteiger partial charge < -0.3 is 50.0 Å². The average molecular weight is 1040 g/mol. The summed E-state index contributed by atoms with van der Waals surface area (Å²) in [5.41, 5.74) is 0. The summed E-state index contributed by atoms with van der Waals surface area (Å²) in [4.78, 5) is 60.6. The quantitative estimate of drug-likeness (QED) is 0.103. The van der Waals surface area contributed by atoms with E-state index in [0.29, 0.717) is 30.2 Å². The van der Waals surface area contributed by atoms with E-state index in [2.05, 4.69) is 90.5 Å². The Morgan fingerprint density at radius 3 is 1.00 bits per heavy atom. The molecular weight excluding hydrogens is 925 g/mol. The van der Waals surface area contributed by atoms with Gasteiger partial charge in [-0.1, -0.05) is 69.2 Å². The predicted octanol–water partition coefficient (Wildman–Crippen LogP) is 12.4. The van der Waals surface area contributed by atoms with Gasteiger partial charge >= 0.3 is 24.3 Å². The second kappa shape index (κ2) is 33.5. The van der Waals surface area contributed by atoms with Gasteiger partial charge in [0.2, 0.25) is 5.91 Å². The zero-order valence-corrected chi connectivity index (χ0v) is 50.4. The van der Waals surface area contributed by atoms with Crippen molar-refractivity contribution in [3.05, 3.63) is 0 Å². The zero-order chi connectivity index (χ0) is 56.0. The second-order valence-corrected chi connectivity index (χ2v) is 25.2. The molecule has 0 heterocycles. The third-order valence-corrected chi connectivity index (χ3v) is 15.3. The van der Waals surface area contributed by atoms with Gasteiger partial charge in [-0.05, 0) is 193 Å². The molecule has 0 aliphatic heterocycles. The van der Waals surface area contributed by atoms with Crippen LogP contribution in [0.1, 0.15) is 203 Å². The van der Waals surface area contributed by atoms with E-state index in [1.807, 2.05) is 88.2 Å². The minimum absolute atomic E-state index is 0.0211. The number of nitrogens with one attached hydrogen (secondary N) is 4. The molecule has 15 heteroatoms. The van der Waals surface area contributed by atoms with E-state index in [-0.39, 0.29) is 67.3 Å². The van der Waals surface area contributed by atoms with Crippen LogP contribution in [0.2, 0.25) is 0 Å². The number of likely N-dealkylation sites (N-methyl/N-ethyl adjacent to an activating group) is 1. The third-order valence-electron chi connectivity index (χ3n) is 15.3. The van der Waals surface area contributed by atoms with Crippen molar-refractivity contribution in [2.75, 3.05) is 20.7 Å². The number of alkyl carbamates (subject to hydrolysis) is 2. The Bertz CT molecular complexity index is 1470. The molecule has 428 valence electrons. The average Bonchev–Trinajstić information content (AvgIpc) is 3.15. The molecule has 5 aliphatic carbocycles. The van der Waals surface area contributed by atoms with Crippen LogP contribution in [0.5, 0.6) is 0 Å². The number of ether oxygens (including phenoxy) is 4. The molecule has 5 rings (SSSR count). The second-order valence-electron chi connectivity index (χ2n) is 25.2. The number of hydrogen-bond donors (Lipinski definition) is 4. The summed E-state index contributed by atoms with van der Waals surface area (Å²) in [5, 5.41) is 11.6. The van der Waals surface area contributed by atoms with Gasteiger partial charge in [0.15, 0.2) is 0 Å². The molecule has 15 nitrogen and oxygen atoms in total. The monoisotopic (exact) mass is 1040 g/mol. The van der Waals surface area contributed by atoms with Crippen LogP contribution < -0.4 is 21.3 Å². The van der Waals surface area contributed by atoms with Crippen molar-refractivity contribution in [1.29, 1.82) is 0 Å². The fraction of sp³-hybridized carbons (Fsp3) is 0.914. The normalized spacial score (nSPS) is 25.6. The Labute approximate surface area is 446 Å². The number of amides is 6. The number of carbonyl (C=O) groups is 5. The summed E-state index contributed by atoms with van der Waals surface area (Å²) in [6, 6.07) is 2.12. The summed E-state index contributed by atoms with van der Waals surface area (Å²) < 4.78 is 20.5. The van der Waals surface area contributed by atoms with E-state index < -0.39 is 0 Å². The lowest BCUT2D eigenvalue weighted by molar-refractivity contribution is -0.141. The van der Waals surface area contributed by atoms with Gasteiger partial charge in [-0.2, -0.15) is 0 Å². The molecule has 0 bridgehead atoms. The maximum Gasteiger partial charge on any atom is 0.410 e. The van der Waals surface area contributed by atoms with Crippen molar-refractivity contribution >= 4 is 30.2 Å². The van der Waals surface area contributed by atoms with Gasteiger partial charge in [-0.3, -0.25) is 4.79 Å². The molecule has 5 aliphatic rings. The highest BCUT2D eigenvalue weighted by molar-refractivity contribution is 5.77. The minimum atomic E-state index is -0.271. The number of hydrogen-bond acceptors (Lipinski definition) is 9. The fourth-order valence-corrected chi connectivity index (χ4v) is 9.25. The van der Waals surface area contributed by atoms with Gasteiger partial charge in [0.25, 0.3) is 0 Å². The standard InChI is InChI=1S/C13H25NO2.C12H23NO2.C11H22N2O.2C11H21NO2/c1-9(2)11-6-12(7-11)14(5)13(15)8-16-10(3)4;1-8(2)10-6-11(7-10)13(5)12(14)15-9(3)4;1-7(2)9-5-10(6-9)13-11(14)12-8(3)4;2*1-7(2)9-5-10(6-9)12-11(13)14-8(3)4/h9-12H,6-8H2,1-5H3;8-11H,6-7H2,1-5H3;7-10H,5-6H2,1-4H3,(H2,12,13,14);2*7-10H,5-6H2,1-4H3,(H,12,13). The van der Waals surface area contributed by atoms with Crippen LogP contribution in [0.15, 0.2) is 0 Å². The largest absolute Gasteiger partial charge is 0.447 e. The highest BCUT2D eigenvalue weighted by atomic mass is 16.6. The Morgan fingerprint density at radius 2 is 0.712 bits per heavy atom. The van der Waals surface area contributed by atoms with Crippen molar-refractivity contribution < 1.29 is 42.9 Å². The molecule has 0 spiro atoms. The SMILES string of the molecule is CC(C)NC(=O)NC1CC(C(C)C)C1.CC(C)OC(=O)N(C)C1CC(C(C)C)C1.CC(C)OC(=O)NC1CC(C(C)C)C1.CC(C)OC(=O)NC1CC(C(C)C)C1.CC(C)OCC(=O)N(C)C1CC(C(C)C)C1. The Morgan fingerprint density at radius 1 is 0.411 bits per heavy atom. The molecule has 0 unspecified atom stereocenters. The van der Waals surface area contributed by atoms with Gasteiger partial charge in [0.1, 0.15) is 6.61 Å². The zero-order valence-electron chi connectivity index (χ0n) is 50.4. The van der Waals surface area contributed by atoms with Crippen molar-refractivity contribution in [3.8, 4) is 0 Å². The Balaban J connectivity index is 0.000000457. The van der Waals surface area contributed by atoms with Crippen molar-refractivity contribution in [2.45, 2.75) is 263 Å². The van der Waals surface area contributed by atoms with Gasteiger partial charge in [0, 0.05) is 50.3 Å². The fourth-order valence-electron chi connectivity index (χ4n) is 9.25. The van der Waals surface area contributed by atoms with E-state index in [1.165, 1.54) is 0 Å². The van der Waals surface area contributed by atoms with Crippen molar-refractivity contribution in [2.24, 2.45) is 59.2 Å². The van der Waals surface area contributed by atoms with E-state index in [1.54, 1.807) is 4.90 Å². The van der Waals surface area contributed by atoms with E-state index >= 15 is 0 Å². The van der Waals surface area contributed by atoms with E-state index in [4.69, 9.17) is 18.9 Å². The maximum atomic E-state index is 11.8. The lowest BCUT2D eigenvalue weighted by Gasteiger charge is -2.43. The van der Waals surface area contributed by atoms with Crippen LogP contribution in [0, 0.1) is 59.2 Å². The smallest absolute Gasteiger partial charge is 0.410 e. The molecule has 73 heavy (non-hydrogen) atoms. The van der Waals surface area contributed by atoms with E-state index in [0.717, 1.165) is 123 Å². The number of urea groups is 1. The number of rotatable bonds is 17. The first-order chi connectivity index (χ1) is 33.8. The van der Waals surface area contributed by atoms with Crippen LogP contribution >= 0.6 is 0 Å². The van der Waals surface area contributed by atoms with Crippen LogP contribution in [0.25, 0.3) is 0 Å². The Hall–Kier alpha value is -3.49. The van der Waals surface area contributed by atoms with Gasteiger partial charge in [-0.15, -0.1) is 0 Å². The molecule has 0 radical (unpaired) electrons. The third kappa shape index (κ3) is 27.2. The molecule has 0 aromatic heterocycles. The molecule has 0 saturated heterocycles. The highest BCUT2D eigenvalue weighted by Crippen LogP contribution is 2.38. The molecule has 0 aromatic rings. The summed E-state index contributed by atoms with van der Waals surface area (Å²) in [7, 11) is 3.74. The minimum Gasteiger partial charge on any atom is -0.447 e. The van der Waals surface area contributed by atoms with Crippen molar-refractivity contribution in [3.63, 3.8) is 0 Å². The lowest BCUT2D eigenvalue weighted by Crippen LogP contribution is -2.50. The first-order valence-electron chi connectivity index (χ1n) is 28.6. The molecular formula is C58H112N6O9. The van der Waals surface area contributed by atoms with Gasteiger partial charge in [0.05, 0.1) is 24.4 Å². The van der Waals surface area contributed by atoms with Gasteiger partial charge in [-0.25, -0.2) is 19.2 Å². The summed E-state index contributed by atoms with van der Waals surface area (Å²) in [6.07, 6.45) is 10.6. The lowest BCUT2D eigenvalue weighted by atomic mass is 9.73. The predicted molar refractivity (Wildman–Crippen MR) is 296 cm³/mol. The summed E-state index contributed by atoms with van der Waals surface area (Å²) in [6.45, 7) is 41.7. The van der Waals surface area contributed by atoms with Crippen molar-refractivity contribution in [1.82, 2.24) is 31.1 Å². The molecule has 0 atom stereocenters. The van der Waals surface area contributed by atoms with Crippen LogP contribution in [0.4, 0.5) is 19.2 Å². The van der Waals surface area contributed by atoms with Crippen LogP contribution in [-0.4, -0.2) is 121 Å². The number of carbonyl (C=O) groups excluding carboxylic acids is 5. The molecule has 4 N–H and O–H groups in total. The van der Waals surface area contributed by atoms with Crippen LogP contribution in [0.3, 0.4) is 0 Å². The first kappa shape index (κ1) is 67.5. The summed E-state index contributed by atoms with van der Waals surface area (Å²) >= 11 is 0. The first-order valence-corrected chi connectivity index (χ1v) is 28.6. The molecule has 0 aromatic carbocycles. The highest BCUT2D eigenvalue weighted by Gasteiger charge is 2.38. The maximum absolute atomic E-state index is 11.8. The van der Waals surface area contributed by atoms with Crippen LogP contribution in [-0.2, 0) is 23.7 Å².